The maximum atomic E-state index is 2.42. The van der Waals surface area contributed by atoms with Crippen LogP contribution in [0.1, 0.15) is 0 Å². The third-order valence-corrected chi connectivity index (χ3v) is 10.9. The molecule has 0 nitrogen and oxygen atoms in total. The lowest BCUT2D eigenvalue weighted by atomic mass is 9.83. The van der Waals surface area contributed by atoms with Crippen LogP contribution in [0.2, 0.25) is 0 Å². The second kappa shape index (κ2) is 13.5. The Balaban J connectivity index is 1.14. The SMILES string of the molecule is c1ccc(-c2ccc(-c3cccc(-c4ccc(-c5cccc6ccccc56)cc4)c3)cc2-c2c3ccccc3c(-c3ccccc3)c3ccccc23)cc1. The molecule has 10 aromatic carbocycles. The summed E-state index contributed by atoms with van der Waals surface area (Å²) in [5, 5.41) is 7.57. The van der Waals surface area contributed by atoms with Crippen molar-refractivity contribution in [2.45, 2.75) is 0 Å². The Bertz CT molecular complexity index is 2890. The fourth-order valence-electron chi connectivity index (χ4n) is 8.33. The molecule has 252 valence electrons. The van der Waals surface area contributed by atoms with Gasteiger partial charge in [0.2, 0.25) is 0 Å². The molecule has 54 heavy (non-hydrogen) atoms. The highest BCUT2D eigenvalue weighted by Gasteiger charge is 2.20. The number of rotatable bonds is 6. The van der Waals surface area contributed by atoms with Gasteiger partial charge in [-0.1, -0.05) is 206 Å². The van der Waals surface area contributed by atoms with E-state index in [1.165, 1.54) is 99.1 Å². The fourth-order valence-corrected chi connectivity index (χ4v) is 8.33. The van der Waals surface area contributed by atoms with Gasteiger partial charge in [0, 0.05) is 0 Å². The second-order valence-corrected chi connectivity index (χ2v) is 14.0. The number of fused-ring (bicyclic) bond motifs is 3. The molecule has 10 rings (SSSR count). The van der Waals surface area contributed by atoms with Crippen LogP contribution in [0.3, 0.4) is 0 Å². The van der Waals surface area contributed by atoms with Gasteiger partial charge in [-0.25, -0.2) is 0 Å². The van der Waals surface area contributed by atoms with Gasteiger partial charge in [0.1, 0.15) is 0 Å². The van der Waals surface area contributed by atoms with E-state index in [0.29, 0.717) is 0 Å². The Morgan fingerprint density at radius 1 is 0.185 bits per heavy atom. The Morgan fingerprint density at radius 3 is 1.28 bits per heavy atom. The first-order chi connectivity index (χ1) is 26.8. The number of hydrogen-bond donors (Lipinski definition) is 0. The smallest absolute Gasteiger partial charge is 0.00199 e. The van der Waals surface area contributed by atoms with Crippen molar-refractivity contribution in [3.63, 3.8) is 0 Å². The summed E-state index contributed by atoms with van der Waals surface area (Å²) in [4.78, 5) is 0. The van der Waals surface area contributed by atoms with E-state index in [0.717, 1.165) is 0 Å². The Kier molecular flexibility index (Phi) is 7.93. The molecule has 0 unspecified atom stereocenters. The highest BCUT2D eigenvalue weighted by atomic mass is 14.2. The molecule has 0 aromatic heterocycles. The number of hydrogen-bond acceptors (Lipinski definition) is 0. The zero-order valence-corrected chi connectivity index (χ0v) is 29.8. The van der Waals surface area contributed by atoms with E-state index >= 15 is 0 Å². The summed E-state index contributed by atoms with van der Waals surface area (Å²) in [5.41, 5.74) is 14.7. The standard InChI is InChI=1S/C54H36/c1-3-15-38(16-4-1)47-34-33-44(43-22-13-21-42(35-43)37-29-31-40(32-30-37)46-28-14-20-39-17-7-8-23-45(39)46)36-52(47)54-50-26-11-9-24-48(50)53(41-18-5-2-6-19-41)49-25-10-12-27-51(49)54/h1-36H. The maximum Gasteiger partial charge on any atom is -0.00199 e. The fraction of sp³-hybridized carbons (Fsp3) is 0. The molecule has 0 saturated heterocycles. The van der Waals surface area contributed by atoms with Crippen LogP contribution < -0.4 is 0 Å². The third-order valence-electron chi connectivity index (χ3n) is 10.9. The minimum absolute atomic E-state index is 1.19. The normalized spacial score (nSPS) is 11.3. The summed E-state index contributed by atoms with van der Waals surface area (Å²) in [5.74, 6) is 0. The van der Waals surface area contributed by atoms with Gasteiger partial charge in [-0.05, 0) is 111 Å². The zero-order chi connectivity index (χ0) is 35.8. The molecule has 0 heterocycles. The molecule has 0 saturated carbocycles. The number of benzene rings is 10. The summed E-state index contributed by atoms with van der Waals surface area (Å²) in [6, 6.07) is 79.7. The van der Waals surface area contributed by atoms with Gasteiger partial charge < -0.3 is 0 Å². The minimum atomic E-state index is 1.19. The predicted octanol–water partition coefficient (Wildman–Crippen LogP) is 15.1. The van der Waals surface area contributed by atoms with Crippen molar-refractivity contribution in [1.82, 2.24) is 0 Å². The van der Waals surface area contributed by atoms with Crippen molar-refractivity contribution in [2.24, 2.45) is 0 Å². The second-order valence-electron chi connectivity index (χ2n) is 14.0. The van der Waals surface area contributed by atoms with Crippen LogP contribution in [0, 0.1) is 0 Å². The van der Waals surface area contributed by atoms with E-state index in [1.807, 2.05) is 0 Å². The first-order valence-corrected chi connectivity index (χ1v) is 18.7. The highest BCUT2D eigenvalue weighted by molar-refractivity contribution is 6.22. The van der Waals surface area contributed by atoms with Crippen molar-refractivity contribution in [2.75, 3.05) is 0 Å². The van der Waals surface area contributed by atoms with E-state index in [9.17, 15) is 0 Å². The molecule has 0 radical (unpaired) electrons. The van der Waals surface area contributed by atoms with Crippen molar-refractivity contribution in [3.8, 4) is 66.8 Å². The van der Waals surface area contributed by atoms with Crippen LogP contribution in [0.15, 0.2) is 218 Å². The first-order valence-electron chi connectivity index (χ1n) is 18.7. The molecule has 10 aromatic rings. The summed E-state index contributed by atoms with van der Waals surface area (Å²) in [6.45, 7) is 0. The predicted molar refractivity (Wildman–Crippen MR) is 232 cm³/mol. The maximum absolute atomic E-state index is 2.42. The van der Waals surface area contributed by atoms with Gasteiger partial charge in [0.15, 0.2) is 0 Å². The largest absolute Gasteiger partial charge is 0.0622 e. The summed E-state index contributed by atoms with van der Waals surface area (Å²) < 4.78 is 0. The van der Waals surface area contributed by atoms with Crippen LogP contribution in [0.4, 0.5) is 0 Å². The molecule has 0 aliphatic carbocycles. The van der Waals surface area contributed by atoms with Crippen LogP contribution >= 0.6 is 0 Å². The van der Waals surface area contributed by atoms with Crippen molar-refractivity contribution < 1.29 is 0 Å². The van der Waals surface area contributed by atoms with Gasteiger partial charge in [-0.2, -0.15) is 0 Å². The summed E-state index contributed by atoms with van der Waals surface area (Å²) in [7, 11) is 0. The van der Waals surface area contributed by atoms with Gasteiger partial charge in [0.25, 0.3) is 0 Å². The third kappa shape index (κ3) is 5.57. The Morgan fingerprint density at radius 2 is 0.611 bits per heavy atom. The van der Waals surface area contributed by atoms with E-state index in [-0.39, 0.29) is 0 Å². The van der Waals surface area contributed by atoms with Gasteiger partial charge in [0.05, 0.1) is 0 Å². The monoisotopic (exact) mass is 684 g/mol. The molecular formula is C54H36. The topological polar surface area (TPSA) is 0 Å². The van der Waals surface area contributed by atoms with Gasteiger partial charge in [-0.15, -0.1) is 0 Å². The quantitative estimate of drug-likeness (QED) is 0.153. The molecule has 0 fully saturated rings. The van der Waals surface area contributed by atoms with Crippen molar-refractivity contribution in [3.05, 3.63) is 218 Å². The molecule has 0 aliphatic heterocycles. The molecular weight excluding hydrogens is 649 g/mol. The minimum Gasteiger partial charge on any atom is -0.0622 e. The molecule has 0 aliphatic rings. The van der Waals surface area contributed by atoms with E-state index in [2.05, 4.69) is 218 Å². The zero-order valence-electron chi connectivity index (χ0n) is 29.8. The van der Waals surface area contributed by atoms with Crippen LogP contribution in [0.25, 0.3) is 99.1 Å². The lowest BCUT2D eigenvalue weighted by Gasteiger charge is -2.20. The van der Waals surface area contributed by atoms with Gasteiger partial charge in [-0.3, -0.25) is 0 Å². The molecule has 0 heteroatoms. The Hall–Kier alpha value is -7.02. The van der Waals surface area contributed by atoms with Crippen LogP contribution in [-0.2, 0) is 0 Å². The van der Waals surface area contributed by atoms with Gasteiger partial charge >= 0.3 is 0 Å². The Labute approximate surface area is 316 Å². The average molecular weight is 685 g/mol. The molecule has 0 spiro atoms. The lowest BCUT2D eigenvalue weighted by molar-refractivity contribution is 1.57. The van der Waals surface area contributed by atoms with E-state index in [1.54, 1.807) is 0 Å². The van der Waals surface area contributed by atoms with Crippen LogP contribution in [0.5, 0.6) is 0 Å². The first kappa shape index (κ1) is 31.7. The summed E-state index contributed by atoms with van der Waals surface area (Å²) in [6.07, 6.45) is 0. The lowest BCUT2D eigenvalue weighted by Crippen LogP contribution is -1.93. The molecule has 0 bridgehead atoms. The molecule has 0 N–H and O–H groups in total. The van der Waals surface area contributed by atoms with Crippen LogP contribution in [-0.4, -0.2) is 0 Å². The summed E-state index contributed by atoms with van der Waals surface area (Å²) >= 11 is 0. The molecule has 0 amide bonds. The van der Waals surface area contributed by atoms with Crippen molar-refractivity contribution in [1.29, 1.82) is 0 Å². The van der Waals surface area contributed by atoms with E-state index < -0.39 is 0 Å². The molecule has 0 atom stereocenters. The highest BCUT2D eigenvalue weighted by Crippen LogP contribution is 2.47. The average Bonchev–Trinajstić information content (AvgIpc) is 3.26. The van der Waals surface area contributed by atoms with Crippen molar-refractivity contribution >= 4 is 32.3 Å². The van der Waals surface area contributed by atoms with E-state index in [4.69, 9.17) is 0 Å².